The van der Waals surface area contributed by atoms with E-state index in [9.17, 15) is 9.59 Å². The molecule has 0 aliphatic rings. The minimum atomic E-state index is 0.658. The molecule has 2 aromatic carbocycles. The van der Waals surface area contributed by atoms with E-state index in [1.165, 1.54) is 44.1 Å². The Balaban J connectivity index is 1.57. The monoisotopic (exact) mass is 336 g/mol. The van der Waals surface area contributed by atoms with Crippen molar-refractivity contribution in [2.24, 2.45) is 0 Å². The van der Waals surface area contributed by atoms with Crippen LogP contribution in [-0.4, -0.2) is 12.6 Å². The second-order valence-electron chi connectivity index (χ2n) is 6.61. The van der Waals surface area contributed by atoms with Gasteiger partial charge >= 0.3 is 0 Å². The fraction of sp³-hybridized carbons (Fsp3) is 0.391. The number of rotatable bonds is 12. The van der Waals surface area contributed by atoms with Crippen molar-refractivity contribution in [2.75, 3.05) is 0 Å². The van der Waals surface area contributed by atoms with Gasteiger partial charge in [0.25, 0.3) is 0 Å². The molecule has 0 saturated carbocycles. The Hall–Kier alpha value is -2.22. The van der Waals surface area contributed by atoms with Crippen LogP contribution < -0.4 is 0 Å². The number of aldehydes is 2. The third-order valence-corrected chi connectivity index (χ3v) is 4.74. The highest BCUT2D eigenvalue weighted by molar-refractivity contribution is 5.85. The molecule has 0 spiro atoms. The van der Waals surface area contributed by atoms with Gasteiger partial charge in [-0.15, -0.1) is 0 Å². The van der Waals surface area contributed by atoms with Crippen molar-refractivity contribution in [1.82, 2.24) is 0 Å². The zero-order valence-electron chi connectivity index (χ0n) is 15.0. The SMILES string of the molecule is O=Cc1cccc(C=O)c1CCCCCCCCCc1ccccc1. The third kappa shape index (κ3) is 6.66. The summed E-state index contributed by atoms with van der Waals surface area (Å²) in [6.07, 6.45) is 12.2. The van der Waals surface area contributed by atoms with Crippen LogP contribution >= 0.6 is 0 Å². The largest absolute Gasteiger partial charge is 0.298 e. The van der Waals surface area contributed by atoms with Crippen LogP contribution in [0.25, 0.3) is 0 Å². The van der Waals surface area contributed by atoms with Gasteiger partial charge in [-0.1, -0.05) is 80.6 Å². The predicted octanol–water partition coefficient (Wildman–Crippen LogP) is 5.83. The van der Waals surface area contributed by atoms with Crippen LogP contribution in [-0.2, 0) is 12.8 Å². The fourth-order valence-corrected chi connectivity index (χ4v) is 3.29. The maximum absolute atomic E-state index is 11.1. The number of aryl methyl sites for hydroxylation is 1. The molecular weight excluding hydrogens is 308 g/mol. The lowest BCUT2D eigenvalue weighted by Gasteiger charge is -2.08. The third-order valence-electron chi connectivity index (χ3n) is 4.74. The zero-order chi connectivity index (χ0) is 17.7. The summed E-state index contributed by atoms with van der Waals surface area (Å²) in [4.78, 5) is 22.2. The Morgan fingerprint density at radius 2 is 1.08 bits per heavy atom. The summed E-state index contributed by atoms with van der Waals surface area (Å²) < 4.78 is 0. The molecule has 0 atom stereocenters. The lowest BCUT2D eigenvalue weighted by molar-refractivity contribution is 0.112. The highest BCUT2D eigenvalue weighted by atomic mass is 16.1. The molecule has 0 aliphatic heterocycles. The van der Waals surface area contributed by atoms with Gasteiger partial charge in [-0.05, 0) is 36.8 Å². The van der Waals surface area contributed by atoms with E-state index in [0.717, 1.165) is 37.4 Å². The number of hydrogen-bond donors (Lipinski definition) is 0. The average Bonchev–Trinajstić information content (AvgIpc) is 2.67. The van der Waals surface area contributed by atoms with E-state index < -0.39 is 0 Å². The van der Waals surface area contributed by atoms with Crippen LogP contribution in [0.15, 0.2) is 48.5 Å². The molecule has 0 heterocycles. The van der Waals surface area contributed by atoms with Crippen molar-refractivity contribution >= 4 is 12.6 Å². The molecule has 0 radical (unpaired) electrons. The van der Waals surface area contributed by atoms with Crippen LogP contribution in [0.4, 0.5) is 0 Å². The second kappa shape index (κ2) is 11.4. The molecule has 0 fully saturated rings. The molecule has 25 heavy (non-hydrogen) atoms. The van der Waals surface area contributed by atoms with Crippen LogP contribution in [0.1, 0.15) is 76.8 Å². The quantitative estimate of drug-likeness (QED) is 0.361. The standard InChI is InChI=1S/C23H28O2/c24-18-21-15-11-16-22(19-25)23(21)17-10-5-3-1-2-4-7-12-20-13-8-6-9-14-20/h6,8-9,11,13-16,18-19H,1-5,7,10,12,17H2. The Morgan fingerprint density at radius 1 is 0.560 bits per heavy atom. The van der Waals surface area contributed by atoms with Gasteiger partial charge in [0.05, 0.1) is 0 Å². The molecule has 2 nitrogen and oxygen atoms in total. The van der Waals surface area contributed by atoms with Gasteiger partial charge in [-0.25, -0.2) is 0 Å². The average molecular weight is 336 g/mol. The molecule has 2 heteroatoms. The maximum Gasteiger partial charge on any atom is 0.150 e. The summed E-state index contributed by atoms with van der Waals surface area (Å²) in [7, 11) is 0. The first-order valence-corrected chi connectivity index (χ1v) is 9.41. The lowest BCUT2D eigenvalue weighted by Crippen LogP contribution is -1.99. The van der Waals surface area contributed by atoms with Crippen molar-refractivity contribution in [3.63, 3.8) is 0 Å². The predicted molar refractivity (Wildman–Crippen MR) is 103 cm³/mol. The molecule has 0 N–H and O–H groups in total. The van der Waals surface area contributed by atoms with Crippen LogP contribution in [0.5, 0.6) is 0 Å². The Labute approximate surface area is 151 Å². The second-order valence-corrected chi connectivity index (χ2v) is 6.61. The van der Waals surface area contributed by atoms with E-state index in [1.54, 1.807) is 18.2 Å². The highest BCUT2D eigenvalue weighted by Gasteiger charge is 2.06. The molecule has 132 valence electrons. The van der Waals surface area contributed by atoms with Gasteiger partial charge in [0.2, 0.25) is 0 Å². The van der Waals surface area contributed by atoms with Gasteiger partial charge in [-0.2, -0.15) is 0 Å². The van der Waals surface area contributed by atoms with E-state index >= 15 is 0 Å². The summed E-state index contributed by atoms with van der Waals surface area (Å²) in [5, 5.41) is 0. The summed E-state index contributed by atoms with van der Waals surface area (Å²) in [5.41, 5.74) is 3.66. The highest BCUT2D eigenvalue weighted by Crippen LogP contribution is 2.17. The van der Waals surface area contributed by atoms with Gasteiger partial charge < -0.3 is 0 Å². The molecule has 0 unspecified atom stereocenters. The smallest absolute Gasteiger partial charge is 0.150 e. The van der Waals surface area contributed by atoms with E-state index in [-0.39, 0.29) is 0 Å². The lowest BCUT2D eigenvalue weighted by atomic mass is 9.96. The van der Waals surface area contributed by atoms with Gasteiger partial charge in [0.1, 0.15) is 12.6 Å². The fourth-order valence-electron chi connectivity index (χ4n) is 3.29. The van der Waals surface area contributed by atoms with Gasteiger partial charge in [0, 0.05) is 11.1 Å². The molecule has 0 aromatic heterocycles. The molecule has 2 aromatic rings. The zero-order valence-corrected chi connectivity index (χ0v) is 15.0. The topological polar surface area (TPSA) is 34.1 Å². The Bertz CT molecular complexity index is 620. The van der Waals surface area contributed by atoms with Crippen molar-refractivity contribution in [3.05, 3.63) is 70.8 Å². The summed E-state index contributed by atoms with van der Waals surface area (Å²) >= 11 is 0. The Morgan fingerprint density at radius 3 is 1.64 bits per heavy atom. The van der Waals surface area contributed by atoms with Gasteiger partial charge in [0.15, 0.2) is 0 Å². The van der Waals surface area contributed by atoms with E-state index in [4.69, 9.17) is 0 Å². The van der Waals surface area contributed by atoms with Crippen LogP contribution in [0.2, 0.25) is 0 Å². The summed E-state index contributed by atoms with van der Waals surface area (Å²) in [6.45, 7) is 0. The molecule has 0 amide bonds. The van der Waals surface area contributed by atoms with E-state index in [2.05, 4.69) is 30.3 Å². The van der Waals surface area contributed by atoms with Crippen LogP contribution in [0.3, 0.4) is 0 Å². The molecular formula is C23H28O2. The minimum Gasteiger partial charge on any atom is -0.298 e. The Kier molecular flexibility index (Phi) is 8.68. The summed E-state index contributed by atoms with van der Waals surface area (Å²) in [5.74, 6) is 0. The molecule has 0 bridgehead atoms. The van der Waals surface area contributed by atoms with Crippen LogP contribution in [0, 0.1) is 0 Å². The number of unbranched alkanes of at least 4 members (excludes halogenated alkanes) is 6. The minimum absolute atomic E-state index is 0.658. The van der Waals surface area contributed by atoms with Crippen molar-refractivity contribution in [1.29, 1.82) is 0 Å². The number of carbonyl (C=O) groups excluding carboxylic acids is 2. The number of benzene rings is 2. The first kappa shape index (κ1) is 19.1. The molecule has 0 aliphatic carbocycles. The first-order chi connectivity index (χ1) is 12.3. The number of hydrogen-bond acceptors (Lipinski definition) is 2. The van der Waals surface area contributed by atoms with Gasteiger partial charge in [-0.3, -0.25) is 9.59 Å². The number of carbonyl (C=O) groups is 2. The van der Waals surface area contributed by atoms with E-state index in [1.807, 2.05) is 0 Å². The summed E-state index contributed by atoms with van der Waals surface area (Å²) in [6, 6.07) is 16.0. The van der Waals surface area contributed by atoms with Crippen molar-refractivity contribution in [2.45, 2.75) is 57.8 Å². The molecule has 0 saturated heterocycles. The van der Waals surface area contributed by atoms with Crippen molar-refractivity contribution < 1.29 is 9.59 Å². The van der Waals surface area contributed by atoms with Crippen molar-refractivity contribution in [3.8, 4) is 0 Å². The molecule has 2 rings (SSSR count). The normalized spacial score (nSPS) is 10.6. The first-order valence-electron chi connectivity index (χ1n) is 9.41. The van der Waals surface area contributed by atoms with E-state index in [0.29, 0.717) is 11.1 Å². The maximum atomic E-state index is 11.1.